The van der Waals surface area contributed by atoms with Crippen LogP contribution in [0.1, 0.15) is 44.0 Å². The Kier molecular flexibility index (Phi) is 8.03. The van der Waals surface area contributed by atoms with Gasteiger partial charge in [0.05, 0.1) is 3.57 Å². The van der Waals surface area contributed by atoms with Crippen molar-refractivity contribution in [3.63, 3.8) is 0 Å². The molecule has 0 spiro atoms. The number of rotatable bonds is 8. The van der Waals surface area contributed by atoms with E-state index in [1.165, 1.54) is 6.07 Å². The van der Waals surface area contributed by atoms with Gasteiger partial charge in [-0.3, -0.25) is 4.79 Å². The van der Waals surface area contributed by atoms with Crippen molar-refractivity contribution in [3.05, 3.63) is 27.3 Å². The molecule has 1 aromatic carbocycles. The molecule has 0 heterocycles. The highest BCUT2D eigenvalue weighted by molar-refractivity contribution is 14.1. The molecule has 5 heteroatoms. The van der Waals surface area contributed by atoms with Crippen molar-refractivity contribution in [3.8, 4) is 5.75 Å². The number of hydrogen-bond acceptors (Lipinski definition) is 3. The summed E-state index contributed by atoms with van der Waals surface area (Å²) in [5, 5.41) is 12.6. The number of aromatic hydroxyl groups is 1. The first-order valence-corrected chi connectivity index (χ1v) is 8.57. The highest BCUT2D eigenvalue weighted by Gasteiger charge is 2.11. The number of halogens is 1. The quantitative estimate of drug-likeness (QED) is 0.655. The average molecular weight is 404 g/mol. The van der Waals surface area contributed by atoms with E-state index in [9.17, 15) is 9.90 Å². The van der Waals surface area contributed by atoms with Crippen LogP contribution in [-0.2, 0) is 0 Å². The molecule has 118 valence electrons. The Hall–Kier alpha value is -0.820. The zero-order valence-electron chi connectivity index (χ0n) is 13.0. The SMILES string of the molecule is CCN(CC)CCCC(C)NC(=O)c1ccc(I)c(O)c1. The van der Waals surface area contributed by atoms with E-state index in [-0.39, 0.29) is 17.7 Å². The van der Waals surface area contributed by atoms with Gasteiger partial charge in [-0.1, -0.05) is 13.8 Å². The Morgan fingerprint density at radius 1 is 1.38 bits per heavy atom. The number of phenolic OH excluding ortho intramolecular Hbond substituents is 1. The first kappa shape index (κ1) is 18.2. The number of hydrogen-bond donors (Lipinski definition) is 2. The van der Waals surface area contributed by atoms with Gasteiger partial charge in [-0.05, 0) is 80.2 Å². The molecule has 0 aliphatic carbocycles. The Balaban J connectivity index is 2.41. The molecular weight excluding hydrogens is 379 g/mol. The second kappa shape index (κ2) is 9.25. The minimum absolute atomic E-state index is 0.128. The first-order valence-electron chi connectivity index (χ1n) is 7.49. The molecule has 2 N–H and O–H groups in total. The van der Waals surface area contributed by atoms with Crippen LogP contribution >= 0.6 is 22.6 Å². The lowest BCUT2D eigenvalue weighted by molar-refractivity contribution is 0.0937. The van der Waals surface area contributed by atoms with Crippen molar-refractivity contribution in [2.24, 2.45) is 0 Å². The molecule has 0 saturated carbocycles. The van der Waals surface area contributed by atoms with E-state index < -0.39 is 0 Å². The summed E-state index contributed by atoms with van der Waals surface area (Å²) in [4.78, 5) is 14.5. The van der Waals surface area contributed by atoms with Crippen LogP contribution in [0.4, 0.5) is 0 Å². The van der Waals surface area contributed by atoms with E-state index in [4.69, 9.17) is 0 Å². The van der Waals surface area contributed by atoms with Gasteiger partial charge in [-0.2, -0.15) is 0 Å². The fraction of sp³-hybridized carbons (Fsp3) is 0.562. The van der Waals surface area contributed by atoms with Crippen LogP contribution in [0.2, 0.25) is 0 Å². The number of benzene rings is 1. The van der Waals surface area contributed by atoms with Gasteiger partial charge >= 0.3 is 0 Å². The Morgan fingerprint density at radius 3 is 2.62 bits per heavy atom. The number of phenols is 1. The van der Waals surface area contributed by atoms with Crippen LogP contribution in [0, 0.1) is 3.57 Å². The predicted octanol–water partition coefficient (Wildman–Crippen LogP) is 3.24. The van der Waals surface area contributed by atoms with Crippen molar-refractivity contribution in [1.29, 1.82) is 0 Å². The summed E-state index contributed by atoms with van der Waals surface area (Å²) < 4.78 is 0.747. The first-order chi connectivity index (χ1) is 9.97. The van der Waals surface area contributed by atoms with Gasteiger partial charge in [0.1, 0.15) is 5.75 Å². The van der Waals surface area contributed by atoms with Gasteiger partial charge in [0.25, 0.3) is 5.91 Å². The lowest BCUT2D eigenvalue weighted by atomic mass is 10.1. The fourth-order valence-corrected chi connectivity index (χ4v) is 2.53. The second-order valence-corrected chi connectivity index (χ2v) is 6.37. The summed E-state index contributed by atoms with van der Waals surface area (Å²) >= 11 is 2.04. The molecule has 1 aromatic rings. The molecule has 0 aromatic heterocycles. The Labute approximate surface area is 141 Å². The van der Waals surface area contributed by atoms with E-state index in [1.54, 1.807) is 12.1 Å². The third kappa shape index (κ3) is 6.22. The molecule has 1 atom stereocenters. The monoisotopic (exact) mass is 404 g/mol. The summed E-state index contributed by atoms with van der Waals surface area (Å²) in [6, 6.07) is 5.13. The van der Waals surface area contributed by atoms with Crippen molar-refractivity contribution >= 4 is 28.5 Å². The van der Waals surface area contributed by atoms with Crippen LogP contribution < -0.4 is 5.32 Å². The highest BCUT2D eigenvalue weighted by Crippen LogP contribution is 2.20. The Morgan fingerprint density at radius 2 is 2.05 bits per heavy atom. The van der Waals surface area contributed by atoms with Gasteiger partial charge in [-0.25, -0.2) is 0 Å². The third-order valence-electron chi connectivity index (χ3n) is 3.59. The molecular formula is C16H25IN2O2. The summed E-state index contributed by atoms with van der Waals surface area (Å²) in [5.41, 5.74) is 0.503. The maximum Gasteiger partial charge on any atom is 0.251 e. The largest absolute Gasteiger partial charge is 0.507 e. The molecule has 0 radical (unpaired) electrons. The van der Waals surface area contributed by atoms with Gasteiger partial charge < -0.3 is 15.3 Å². The molecule has 4 nitrogen and oxygen atoms in total. The normalized spacial score (nSPS) is 12.4. The van der Waals surface area contributed by atoms with E-state index >= 15 is 0 Å². The molecule has 0 aliphatic rings. The lowest BCUT2D eigenvalue weighted by Gasteiger charge is -2.19. The summed E-state index contributed by atoms with van der Waals surface area (Å²) in [6.07, 6.45) is 2.03. The number of carbonyl (C=O) groups is 1. The van der Waals surface area contributed by atoms with Crippen LogP contribution in [0.5, 0.6) is 5.75 Å². The van der Waals surface area contributed by atoms with Gasteiger partial charge in [-0.15, -0.1) is 0 Å². The third-order valence-corrected chi connectivity index (χ3v) is 4.50. The van der Waals surface area contributed by atoms with Crippen molar-refractivity contribution in [2.75, 3.05) is 19.6 Å². The number of nitrogens with one attached hydrogen (secondary N) is 1. The van der Waals surface area contributed by atoms with Gasteiger partial charge in [0.15, 0.2) is 0 Å². The van der Waals surface area contributed by atoms with Crippen LogP contribution in [0.3, 0.4) is 0 Å². The predicted molar refractivity (Wildman–Crippen MR) is 94.8 cm³/mol. The zero-order valence-corrected chi connectivity index (χ0v) is 15.2. The smallest absolute Gasteiger partial charge is 0.251 e. The fourth-order valence-electron chi connectivity index (χ4n) is 2.19. The van der Waals surface area contributed by atoms with Crippen molar-refractivity contribution in [1.82, 2.24) is 10.2 Å². The van der Waals surface area contributed by atoms with Crippen LogP contribution in [-0.4, -0.2) is 41.6 Å². The zero-order chi connectivity index (χ0) is 15.8. The summed E-state index contributed by atoms with van der Waals surface area (Å²) in [7, 11) is 0. The molecule has 0 bridgehead atoms. The number of carbonyl (C=O) groups excluding carboxylic acids is 1. The van der Waals surface area contributed by atoms with Crippen LogP contribution in [0.25, 0.3) is 0 Å². The van der Waals surface area contributed by atoms with E-state index in [2.05, 4.69) is 24.1 Å². The van der Waals surface area contributed by atoms with E-state index in [1.807, 2.05) is 29.5 Å². The molecule has 0 fully saturated rings. The molecule has 21 heavy (non-hydrogen) atoms. The van der Waals surface area contributed by atoms with Gasteiger partial charge in [0, 0.05) is 11.6 Å². The maximum absolute atomic E-state index is 12.1. The van der Waals surface area contributed by atoms with Crippen LogP contribution in [0.15, 0.2) is 18.2 Å². The second-order valence-electron chi connectivity index (χ2n) is 5.21. The summed E-state index contributed by atoms with van der Waals surface area (Å²) in [5.74, 6) is 0.0227. The topological polar surface area (TPSA) is 52.6 Å². The minimum Gasteiger partial charge on any atom is -0.507 e. The van der Waals surface area contributed by atoms with Crippen molar-refractivity contribution < 1.29 is 9.90 Å². The minimum atomic E-state index is -0.128. The van der Waals surface area contributed by atoms with E-state index in [0.29, 0.717) is 5.56 Å². The number of amides is 1. The molecule has 0 saturated heterocycles. The summed E-state index contributed by atoms with van der Waals surface area (Å²) in [6.45, 7) is 9.55. The lowest BCUT2D eigenvalue weighted by Crippen LogP contribution is -2.33. The van der Waals surface area contributed by atoms with Crippen molar-refractivity contribution in [2.45, 2.75) is 39.7 Å². The maximum atomic E-state index is 12.1. The van der Waals surface area contributed by atoms with E-state index in [0.717, 1.165) is 36.0 Å². The molecule has 1 rings (SSSR count). The standard InChI is InChI=1S/C16H25IN2O2/c1-4-19(5-2)10-6-7-12(3)18-16(21)13-8-9-14(17)15(20)11-13/h8-9,11-12,20H,4-7,10H2,1-3H3,(H,18,21). The highest BCUT2D eigenvalue weighted by atomic mass is 127. The molecule has 1 unspecified atom stereocenters. The van der Waals surface area contributed by atoms with Gasteiger partial charge in [0.2, 0.25) is 0 Å². The Bertz CT molecular complexity index is 462. The molecule has 0 aliphatic heterocycles. The molecule has 1 amide bonds. The number of nitrogens with zero attached hydrogens (tertiary/aromatic N) is 1. The average Bonchev–Trinajstić information content (AvgIpc) is 2.46.